The molecule has 7 nitrogen and oxygen atoms in total. The maximum absolute atomic E-state index is 12.6. The summed E-state index contributed by atoms with van der Waals surface area (Å²) < 4.78 is 1.04. The van der Waals surface area contributed by atoms with Crippen LogP contribution in [-0.2, 0) is 0 Å². The summed E-state index contributed by atoms with van der Waals surface area (Å²) in [5.41, 5.74) is -0.176. The molecule has 0 radical (unpaired) electrons. The molecular formula is C17H11ClN4O3. The molecule has 0 atom stereocenters. The number of aromatic nitrogens is 3. The molecule has 0 aliphatic carbocycles. The molecule has 3 N–H and O–H groups in total. The number of anilines is 1. The molecular weight excluding hydrogens is 344 g/mol. The maximum atomic E-state index is 12.6. The first kappa shape index (κ1) is 15.2. The van der Waals surface area contributed by atoms with Gasteiger partial charge in [0.25, 0.3) is 17.0 Å². The number of carbonyl (C=O) groups excluding carboxylic acids is 1. The number of halogens is 1. The monoisotopic (exact) mass is 354 g/mol. The third-order valence-electron chi connectivity index (χ3n) is 3.82. The van der Waals surface area contributed by atoms with E-state index in [0.29, 0.717) is 21.6 Å². The topological polar surface area (TPSA) is 99.2 Å². The fourth-order valence-electron chi connectivity index (χ4n) is 2.70. The summed E-state index contributed by atoms with van der Waals surface area (Å²) in [5, 5.41) is 5.86. The van der Waals surface area contributed by atoms with E-state index < -0.39 is 17.0 Å². The average Bonchev–Trinajstić information content (AvgIpc) is 2.91. The van der Waals surface area contributed by atoms with E-state index in [0.717, 1.165) is 4.52 Å². The van der Waals surface area contributed by atoms with Gasteiger partial charge in [0.15, 0.2) is 5.65 Å². The van der Waals surface area contributed by atoms with Crippen LogP contribution >= 0.6 is 11.6 Å². The Morgan fingerprint density at radius 1 is 1.08 bits per heavy atom. The van der Waals surface area contributed by atoms with E-state index in [-0.39, 0.29) is 11.2 Å². The van der Waals surface area contributed by atoms with Crippen molar-refractivity contribution in [1.29, 1.82) is 0 Å². The zero-order valence-electron chi connectivity index (χ0n) is 12.7. The minimum atomic E-state index is -0.664. The van der Waals surface area contributed by atoms with Crippen molar-refractivity contribution >= 4 is 39.7 Å². The number of hydrogen-bond donors (Lipinski definition) is 3. The largest absolute Gasteiger partial charge is 0.339 e. The van der Waals surface area contributed by atoms with Crippen molar-refractivity contribution in [3.05, 3.63) is 79.8 Å². The number of nitrogens with zero attached hydrogens (tertiary/aromatic N) is 1. The van der Waals surface area contributed by atoms with Gasteiger partial charge >= 0.3 is 0 Å². The minimum Gasteiger partial charge on any atom is -0.339 e. The molecule has 0 fully saturated rings. The van der Waals surface area contributed by atoms with Crippen LogP contribution < -0.4 is 16.4 Å². The Morgan fingerprint density at radius 2 is 1.88 bits per heavy atom. The van der Waals surface area contributed by atoms with Gasteiger partial charge in [-0.25, -0.2) is 0 Å². The van der Waals surface area contributed by atoms with Crippen molar-refractivity contribution in [2.24, 2.45) is 0 Å². The van der Waals surface area contributed by atoms with Crippen LogP contribution in [-0.4, -0.2) is 20.5 Å². The summed E-state index contributed by atoms with van der Waals surface area (Å²) in [6, 6.07) is 13.4. The number of nitrogens with one attached hydrogen (secondary N) is 3. The van der Waals surface area contributed by atoms with Crippen molar-refractivity contribution in [3.8, 4) is 0 Å². The van der Waals surface area contributed by atoms with Crippen molar-refractivity contribution in [2.75, 3.05) is 5.32 Å². The van der Waals surface area contributed by atoms with Crippen LogP contribution in [0.2, 0.25) is 5.02 Å². The number of hydrogen-bond acceptors (Lipinski definition) is 3. The van der Waals surface area contributed by atoms with E-state index in [1.807, 2.05) is 0 Å². The molecule has 1 amide bonds. The third-order valence-corrected chi connectivity index (χ3v) is 4.06. The van der Waals surface area contributed by atoms with Crippen LogP contribution in [0.3, 0.4) is 0 Å². The van der Waals surface area contributed by atoms with Gasteiger partial charge in [-0.15, -0.1) is 0 Å². The molecule has 0 aliphatic rings. The number of rotatable bonds is 2. The normalized spacial score (nSPS) is 11.1. The summed E-state index contributed by atoms with van der Waals surface area (Å²) >= 11 is 5.89. The van der Waals surface area contributed by atoms with E-state index in [9.17, 15) is 14.4 Å². The van der Waals surface area contributed by atoms with Gasteiger partial charge in [-0.3, -0.25) is 19.5 Å². The molecule has 2 aromatic heterocycles. The van der Waals surface area contributed by atoms with Crippen molar-refractivity contribution in [3.63, 3.8) is 0 Å². The van der Waals surface area contributed by atoms with E-state index in [1.54, 1.807) is 48.5 Å². The van der Waals surface area contributed by atoms with Crippen LogP contribution in [0, 0.1) is 0 Å². The smallest absolute Gasteiger partial charge is 0.280 e. The molecule has 0 saturated carbocycles. The van der Waals surface area contributed by atoms with Crippen molar-refractivity contribution in [2.45, 2.75) is 0 Å². The fourth-order valence-corrected chi connectivity index (χ4v) is 2.89. The van der Waals surface area contributed by atoms with Gasteiger partial charge in [-0.1, -0.05) is 29.8 Å². The molecule has 0 unspecified atom stereocenters. The van der Waals surface area contributed by atoms with Gasteiger partial charge in [-0.2, -0.15) is 4.52 Å². The molecule has 8 heteroatoms. The lowest BCUT2D eigenvalue weighted by molar-refractivity contribution is 0.102. The highest BCUT2D eigenvalue weighted by atomic mass is 35.5. The Labute approximate surface area is 144 Å². The summed E-state index contributed by atoms with van der Waals surface area (Å²) in [7, 11) is 0. The van der Waals surface area contributed by atoms with E-state index in [2.05, 4.69) is 15.4 Å². The number of amides is 1. The van der Waals surface area contributed by atoms with Crippen LogP contribution in [0.15, 0.2) is 58.1 Å². The molecule has 2 aromatic carbocycles. The Balaban J connectivity index is 1.89. The van der Waals surface area contributed by atoms with Gasteiger partial charge in [0, 0.05) is 10.7 Å². The fraction of sp³-hybridized carbons (Fsp3) is 0. The molecule has 0 aliphatic heterocycles. The Kier molecular flexibility index (Phi) is 3.43. The van der Waals surface area contributed by atoms with Gasteiger partial charge in [0.05, 0.1) is 10.9 Å². The molecule has 0 bridgehead atoms. The summed E-state index contributed by atoms with van der Waals surface area (Å²) in [5.74, 6) is -0.642. The Morgan fingerprint density at radius 3 is 2.68 bits per heavy atom. The highest BCUT2D eigenvalue weighted by Gasteiger charge is 2.20. The second-order valence-electron chi connectivity index (χ2n) is 5.44. The predicted octanol–water partition coefficient (Wildman–Crippen LogP) is 2.37. The van der Waals surface area contributed by atoms with Crippen molar-refractivity contribution in [1.82, 2.24) is 14.6 Å². The molecule has 4 aromatic rings. The molecule has 0 spiro atoms. The number of benzene rings is 2. The van der Waals surface area contributed by atoms with E-state index in [4.69, 9.17) is 11.6 Å². The number of para-hydroxylation sites is 1. The highest BCUT2D eigenvalue weighted by molar-refractivity contribution is 6.31. The molecule has 124 valence electrons. The summed E-state index contributed by atoms with van der Waals surface area (Å²) in [4.78, 5) is 40.3. The lowest BCUT2D eigenvalue weighted by Crippen LogP contribution is -2.19. The lowest BCUT2D eigenvalue weighted by Gasteiger charge is -2.05. The first-order valence-electron chi connectivity index (χ1n) is 7.37. The number of aromatic amines is 2. The molecule has 0 saturated heterocycles. The summed E-state index contributed by atoms with van der Waals surface area (Å²) in [6.45, 7) is 0. The van der Waals surface area contributed by atoms with Crippen LogP contribution in [0.25, 0.3) is 16.6 Å². The number of H-pyrrole nitrogens is 2. The quantitative estimate of drug-likeness (QED) is 0.515. The lowest BCUT2D eigenvalue weighted by atomic mass is 10.2. The highest BCUT2D eigenvalue weighted by Crippen LogP contribution is 2.16. The standard InChI is InChI=1S/C17H11ClN4O3/c18-9-4-3-5-10(8-9)19-15(23)13-14-20-12-7-2-1-6-11(12)17(25)22(14)21-16(13)24/h1-8,20H,(H,19,23)(H,21,24). The first-order chi connectivity index (χ1) is 12.0. The molecule has 25 heavy (non-hydrogen) atoms. The van der Waals surface area contributed by atoms with E-state index >= 15 is 0 Å². The third kappa shape index (κ3) is 2.50. The van der Waals surface area contributed by atoms with Gasteiger partial charge in [0.1, 0.15) is 5.56 Å². The van der Waals surface area contributed by atoms with Gasteiger partial charge < -0.3 is 10.3 Å². The van der Waals surface area contributed by atoms with Crippen LogP contribution in [0.4, 0.5) is 5.69 Å². The molecule has 4 rings (SSSR count). The number of carbonyl (C=O) groups is 1. The second kappa shape index (κ2) is 5.64. The first-order valence-corrected chi connectivity index (χ1v) is 7.75. The Bertz CT molecular complexity index is 1250. The van der Waals surface area contributed by atoms with Crippen molar-refractivity contribution < 1.29 is 4.79 Å². The predicted molar refractivity (Wildman–Crippen MR) is 95.5 cm³/mol. The molecule has 2 heterocycles. The minimum absolute atomic E-state index is 0.105. The average molecular weight is 355 g/mol. The van der Waals surface area contributed by atoms with Crippen LogP contribution in [0.5, 0.6) is 0 Å². The maximum Gasteiger partial charge on any atom is 0.280 e. The van der Waals surface area contributed by atoms with Gasteiger partial charge in [-0.05, 0) is 30.3 Å². The Hall–Kier alpha value is -3.32. The second-order valence-corrected chi connectivity index (χ2v) is 5.88. The number of fused-ring (bicyclic) bond motifs is 2. The van der Waals surface area contributed by atoms with E-state index in [1.165, 1.54) is 0 Å². The zero-order valence-corrected chi connectivity index (χ0v) is 13.4. The zero-order chi connectivity index (χ0) is 17.6. The van der Waals surface area contributed by atoms with Crippen LogP contribution in [0.1, 0.15) is 10.4 Å². The van der Waals surface area contributed by atoms with Gasteiger partial charge in [0.2, 0.25) is 0 Å². The SMILES string of the molecule is O=C(Nc1cccc(Cl)c1)c1c(=O)[nH]n2c(=O)c3ccccc3[nH]c12. The summed E-state index contributed by atoms with van der Waals surface area (Å²) in [6.07, 6.45) is 0.